The van der Waals surface area contributed by atoms with Crippen LogP contribution >= 0.6 is 0 Å². The van der Waals surface area contributed by atoms with Gasteiger partial charge in [0.2, 0.25) is 0 Å². The number of hydrogen-bond donors (Lipinski definition) is 0. The number of likely N-dealkylation sites (N-methyl/N-ethyl adjacent to an activating group) is 1. The Morgan fingerprint density at radius 1 is 1.40 bits per heavy atom. The number of carbonyl (C=O) groups is 1. The van der Waals surface area contributed by atoms with Crippen molar-refractivity contribution in [1.29, 1.82) is 0 Å². The van der Waals surface area contributed by atoms with Gasteiger partial charge in [0.25, 0.3) is 0 Å². The van der Waals surface area contributed by atoms with E-state index < -0.39 is 9.84 Å². The van der Waals surface area contributed by atoms with Gasteiger partial charge in [-0.3, -0.25) is 9.69 Å². The van der Waals surface area contributed by atoms with E-state index in [1.54, 1.807) is 25.8 Å². The van der Waals surface area contributed by atoms with Crippen LogP contribution in [-0.2, 0) is 19.4 Å². The minimum absolute atomic E-state index is 0.0676. The Morgan fingerprint density at radius 3 is 2.33 bits per heavy atom. The lowest BCUT2D eigenvalue weighted by Gasteiger charge is -2.15. The van der Waals surface area contributed by atoms with E-state index in [1.165, 1.54) is 7.11 Å². The molecule has 6 heteroatoms. The molecule has 5 nitrogen and oxygen atoms in total. The molecule has 15 heavy (non-hydrogen) atoms. The number of rotatable bonds is 6. The molecule has 0 aliphatic heterocycles. The third-order valence-electron chi connectivity index (χ3n) is 2.10. The van der Waals surface area contributed by atoms with Crippen molar-refractivity contribution in [2.45, 2.75) is 19.1 Å². The summed E-state index contributed by atoms with van der Waals surface area (Å²) in [6.45, 7) is 3.75. The topological polar surface area (TPSA) is 63.7 Å². The first-order valence-electron chi connectivity index (χ1n) is 4.76. The number of carbonyl (C=O) groups excluding carboxylic acids is 1. The summed E-state index contributed by atoms with van der Waals surface area (Å²) in [5.74, 6) is -0.294. The van der Waals surface area contributed by atoms with Gasteiger partial charge >= 0.3 is 5.97 Å². The van der Waals surface area contributed by atoms with Crippen LogP contribution in [0.15, 0.2) is 0 Å². The van der Waals surface area contributed by atoms with Crippen LogP contribution in [-0.4, -0.2) is 57.5 Å². The molecule has 0 aliphatic carbocycles. The first kappa shape index (κ1) is 14.4. The number of methoxy groups -OCH3 is 1. The number of hydrogen-bond acceptors (Lipinski definition) is 5. The number of ether oxygens (including phenoxy) is 1. The van der Waals surface area contributed by atoms with E-state index in [0.717, 1.165) is 0 Å². The van der Waals surface area contributed by atoms with Crippen molar-refractivity contribution in [2.24, 2.45) is 0 Å². The Balaban J connectivity index is 4.01. The lowest BCUT2D eigenvalue weighted by molar-refractivity contribution is -0.141. The van der Waals surface area contributed by atoms with E-state index in [2.05, 4.69) is 4.74 Å². The highest BCUT2D eigenvalue weighted by atomic mass is 32.2. The van der Waals surface area contributed by atoms with Gasteiger partial charge in [0.05, 0.1) is 24.7 Å². The fraction of sp³-hybridized carbons (Fsp3) is 0.889. The third kappa shape index (κ3) is 5.74. The Bertz CT molecular complexity index is 297. The van der Waals surface area contributed by atoms with Crippen LogP contribution in [0.4, 0.5) is 0 Å². The molecule has 0 aliphatic rings. The van der Waals surface area contributed by atoms with Crippen LogP contribution < -0.4 is 0 Å². The molecule has 0 N–H and O–H groups in total. The van der Waals surface area contributed by atoms with E-state index in [4.69, 9.17) is 0 Å². The summed E-state index contributed by atoms with van der Waals surface area (Å²) in [5.41, 5.74) is 0. The zero-order chi connectivity index (χ0) is 12.1. The number of esters is 1. The van der Waals surface area contributed by atoms with Crippen molar-refractivity contribution >= 4 is 15.8 Å². The maximum Gasteiger partial charge on any atom is 0.319 e. The molecular formula is C9H19NO4S. The fourth-order valence-corrected chi connectivity index (χ4v) is 1.92. The second-order valence-electron chi connectivity index (χ2n) is 3.73. The summed E-state index contributed by atoms with van der Waals surface area (Å²) in [6, 6.07) is 0. The standard InChI is InChI=1S/C9H19NO4S/c1-8(2)15(12,13)6-5-10(3)7-9(11)14-4/h8H,5-7H2,1-4H3. The van der Waals surface area contributed by atoms with Gasteiger partial charge in [-0.25, -0.2) is 8.42 Å². The Kier molecular flexibility index (Phi) is 5.82. The van der Waals surface area contributed by atoms with Crippen molar-refractivity contribution in [3.05, 3.63) is 0 Å². The highest BCUT2D eigenvalue weighted by Gasteiger charge is 2.17. The Labute approximate surface area is 91.3 Å². The molecule has 0 heterocycles. The van der Waals surface area contributed by atoms with E-state index >= 15 is 0 Å². The molecule has 0 unspecified atom stereocenters. The molecule has 0 saturated heterocycles. The maximum absolute atomic E-state index is 11.4. The smallest absolute Gasteiger partial charge is 0.319 e. The zero-order valence-electron chi connectivity index (χ0n) is 9.69. The summed E-state index contributed by atoms with van der Waals surface area (Å²) in [7, 11) is -0.0357. The average Bonchev–Trinajstić information content (AvgIpc) is 2.14. The van der Waals surface area contributed by atoms with Gasteiger partial charge in [0.1, 0.15) is 0 Å². The van der Waals surface area contributed by atoms with E-state index in [0.29, 0.717) is 6.54 Å². The van der Waals surface area contributed by atoms with Gasteiger partial charge in [0, 0.05) is 6.54 Å². The van der Waals surface area contributed by atoms with Crippen molar-refractivity contribution in [1.82, 2.24) is 4.90 Å². The molecule has 0 aromatic carbocycles. The molecule has 0 spiro atoms. The summed E-state index contributed by atoms with van der Waals surface area (Å²) in [6.07, 6.45) is 0. The molecule has 0 aromatic rings. The van der Waals surface area contributed by atoms with Crippen molar-refractivity contribution in [2.75, 3.05) is 33.0 Å². The van der Waals surface area contributed by atoms with Crippen LogP contribution in [0.2, 0.25) is 0 Å². The second-order valence-corrected chi connectivity index (χ2v) is 6.41. The normalized spacial score (nSPS) is 12.1. The molecule has 0 rings (SSSR count). The molecule has 0 radical (unpaired) electrons. The quantitative estimate of drug-likeness (QED) is 0.604. The first-order chi connectivity index (χ1) is 6.79. The largest absolute Gasteiger partial charge is 0.468 e. The minimum atomic E-state index is -3.03. The van der Waals surface area contributed by atoms with E-state index in [-0.39, 0.29) is 23.5 Å². The van der Waals surface area contributed by atoms with Gasteiger partial charge < -0.3 is 4.74 Å². The van der Waals surface area contributed by atoms with Gasteiger partial charge in [-0.1, -0.05) is 0 Å². The lowest BCUT2D eigenvalue weighted by Crippen LogP contribution is -2.33. The molecule has 0 atom stereocenters. The highest BCUT2D eigenvalue weighted by molar-refractivity contribution is 7.92. The lowest BCUT2D eigenvalue weighted by atomic mass is 10.5. The fourth-order valence-electron chi connectivity index (χ4n) is 0.883. The van der Waals surface area contributed by atoms with Crippen LogP contribution in [0.1, 0.15) is 13.8 Å². The van der Waals surface area contributed by atoms with Gasteiger partial charge in [-0.15, -0.1) is 0 Å². The second kappa shape index (κ2) is 6.07. The maximum atomic E-state index is 11.4. The van der Waals surface area contributed by atoms with E-state index in [9.17, 15) is 13.2 Å². The highest BCUT2D eigenvalue weighted by Crippen LogP contribution is 2.00. The number of sulfone groups is 1. The zero-order valence-corrected chi connectivity index (χ0v) is 10.5. The summed E-state index contributed by atoms with van der Waals surface area (Å²) >= 11 is 0. The molecule has 0 aromatic heterocycles. The van der Waals surface area contributed by atoms with Crippen LogP contribution in [0.3, 0.4) is 0 Å². The Hall–Kier alpha value is -0.620. The summed E-state index contributed by atoms with van der Waals surface area (Å²) < 4.78 is 27.4. The van der Waals surface area contributed by atoms with E-state index in [1.807, 2.05) is 0 Å². The monoisotopic (exact) mass is 237 g/mol. The first-order valence-corrected chi connectivity index (χ1v) is 6.48. The molecule has 0 saturated carbocycles. The minimum Gasteiger partial charge on any atom is -0.468 e. The van der Waals surface area contributed by atoms with Gasteiger partial charge in [0.15, 0.2) is 9.84 Å². The predicted octanol–water partition coefficient (Wildman–Crippen LogP) is -0.0856. The SMILES string of the molecule is COC(=O)CN(C)CCS(=O)(=O)C(C)C. The predicted molar refractivity (Wildman–Crippen MR) is 58.4 cm³/mol. The molecule has 0 bridgehead atoms. The van der Waals surface area contributed by atoms with Crippen LogP contribution in [0.5, 0.6) is 0 Å². The van der Waals surface area contributed by atoms with Gasteiger partial charge in [-0.05, 0) is 20.9 Å². The average molecular weight is 237 g/mol. The van der Waals surface area contributed by atoms with Crippen molar-refractivity contribution in [3.63, 3.8) is 0 Å². The third-order valence-corrected chi connectivity index (χ3v) is 4.29. The van der Waals surface area contributed by atoms with Crippen molar-refractivity contribution in [3.8, 4) is 0 Å². The van der Waals surface area contributed by atoms with Crippen LogP contribution in [0.25, 0.3) is 0 Å². The molecule has 0 fully saturated rings. The number of nitrogens with zero attached hydrogens (tertiary/aromatic N) is 1. The van der Waals surface area contributed by atoms with Crippen LogP contribution in [0, 0.1) is 0 Å². The summed E-state index contributed by atoms with van der Waals surface area (Å²) in [4.78, 5) is 12.5. The van der Waals surface area contributed by atoms with Gasteiger partial charge in [-0.2, -0.15) is 0 Å². The molecular weight excluding hydrogens is 218 g/mol. The Morgan fingerprint density at radius 2 is 1.93 bits per heavy atom. The molecule has 0 amide bonds. The summed E-state index contributed by atoms with van der Waals surface area (Å²) in [5, 5.41) is -0.371. The van der Waals surface area contributed by atoms with Crippen molar-refractivity contribution < 1.29 is 17.9 Å². The molecule has 90 valence electrons.